The Morgan fingerprint density at radius 1 is 0.925 bits per heavy atom. The van der Waals surface area contributed by atoms with Crippen LogP contribution >= 0.6 is 23.2 Å². The third kappa shape index (κ3) is 9.39. The van der Waals surface area contributed by atoms with Crippen molar-refractivity contribution in [1.82, 2.24) is 21.3 Å². The molecular weight excluding hydrogens is 551 g/mol. The molecule has 218 valence electrons. The Labute approximate surface area is 246 Å². The van der Waals surface area contributed by atoms with Gasteiger partial charge in [-0.1, -0.05) is 74.7 Å². The van der Waals surface area contributed by atoms with Gasteiger partial charge in [0.1, 0.15) is 24.4 Å². The Morgan fingerprint density at radius 2 is 1.70 bits per heavy atom. The number of hydrogen-bond donors (Lipinski definition) is 4. The molecule has 1 aliphatic heterocycles. The molecule has 2 aromatic carbocycles. The van der Waals surface area contributed by atoms with Gasteiger partial charge in [0.05, 0.1) is 16.1 Å². The molecule has 0 fully saturated rings. The van der Waals surface area contributed by atoms with Crippen LogP contribution in [0.4, 0.5) is 0 Å². The number of carbonyl (C=O) groups is 3. The van der Waals surface area contributed by atoms with Crippen molar-refractivity contribution >= 4 is 40.9 Å². The van der Waals surface area contributed by atoms with Crippen LogP contribution in [0.5, 0.6) is 5.75 Å². The molecule has 8 nitrogen and oxygen atoms in total. The molecule has 10 heteroatoms. The van der Waals surface area contributed by atoms with Crippen molar-refractivity contribution in [2.45, 2.75) is 71.0 Å². The number of halogens is 2. The first-order chi connectivity index (χ1) is 19.2. The Morgan fingerprint density at radius 3 is 2.42 bits per heavy atom. The first-order valence-electron chi connectivity index (χ1n) is 14.0. The van der Waals surface area contributed by atoms with Gasteiger partial charge in [0.25, 0.3) is 0 Å². The van der Waals surface area contributed by atoms with Gasteiger partial charge < -0.3 is 26.0 Å². The summed E-state index contributed by atoms with van der Waals surface area (Å²) in [5, 5.41) is 12.9. The Kier molecular flexibility index (Phi) is 12.6. The van der Waals surface area contributed by atoms with Crippen LogP contribution in [0.25, 0.3) is 0 Å². The smallest absolute Gasteiger partial charge is 0.243 e. The lowest BCUT2D eigenvalue weighted by atomic mass is 10.00. The lowest BCUT2D eigenvalue weighted by molar-refractivity contribution is -0.133. The molecule has 3 atom stereocenters. The van der Waals surface area contributed by atoms with Crippen molar-refractivity contribution in [3.05, 3.63) is 63.6 Å². The maximum atomic E-state index is 13.6. The highest BCUT2D eigenvalue weighted by atomic mass is 35.5. The van der Waals surface area contributed by atoms with E-state index in [0.29, 0.717) is 42.6 Å². The molecule has 40 heavy (non-hydrogen) atoms. The van der Waals surface area contributed by atoms with E-state index < -0.39 is 18.1 Å². The lowest BCUT2D eigenvalue weighted by Gasteiger charge is -2.27. The van der Waals surface area contributed by atoms with E-state index in [-0.39, 0.29) is 23.6 Å². The van der Waals surface area contributed by atoms with Crippen LogP contribution in [0.1, 0.15) is 51.2 Å². The zero-order valence-electron chi connectivity index (χ0n) is 23.4. The third-order valence-corrected chi connectivity index (χ3v) is 7.58. The van der Waals surface area contributed by atoms with Crippen molar-refractivity contribution in [3.8, 4) is 5.75 Å². The standard InChI is InChI=1S/C30H40Cl2N4O4/c1-4-8-24-28(37)34-14-7-10-21-9-5-6-11-26(21)40-16-15-33-25(18-20-12-13-22(31)23(32)17-20)29(38)36-27(19(2)3)30(39)35-24/h5-6,9,11-13,17,19,24-25,27,33H,4,7-8,10,14-16,18H2,1-3H3,(H,34,37)(H,35,39)(H,36,38)/t24-,25+,27+/m0/s1. The fraction of sp³-hybridized carbons (Fsp3) is 0.500. The fourth-order valence-corrected chi connectivity index (χ4v) is 4.95. The van der Waals surface area contributed by atoms with Gasteiger partial charge in [0.15, 0.2) is 0 Å². The number of ether oxygens (including phenoxy) is 1. The molecule has 0 aliphatic carbocycles. The van der Waals surface area contributed by atoms with E-state index in [1.54, 1.807) is 12.1 Å². The van der Waals surface area contributed by atoms with Crippen molar-refractivity contribution in [2.24, 2.45) is 5.92 Å². The number of carbonyl (C=O) groups excluding carboxylic acids is 3. The molecule has 3 amide bonds. The molecule has 0 aromatic heterocycles. The van der Waals surface area contributed by atoms with E-state index >= 15 is 0 Å². The van der Waals surface area contributed by atoms with Crippen LogP contribution in [0.15, 0.2) is 42.5 Å². The molecule has 0 saturated heterocycles. The van der Waals surface area contributed by atoms with Crippen molar-refractivity contribution in [2.75, 3.05) is 19.7 Å². The van der Waals surface area contributed by atoms with E-state index in [0.717, 1.165) is 36.1 Å². The number of nitrogens with one attached hydrogen (secondary N) is 4. The molecule has 0 bridgehead atoms. The predicted molar refractivity (Wildman–Crippen MR) is 159 cm³/mol. The van der Waals surface area contributed by atoms with E-state index in [1.807, 2.05) is 51.1 Å². The van der Waals surface area contributed by atoms with Gasteiger partial charge in [0, 0.05) is 13.1 Å². The Hall–Kier alpha value is -2.81. The second-order valence-electron chi connectivity index (χ2n) is 10.4. The van der Waals surface area contributed by atoms with E-state index in [1.165, 1.54) is 0 Å². The highest BCUT2D eigenvalue weighted by Crippen LogP contribution is 2.23. The second kappa shape index (κ2) is 15.8. The van der Waals surface area contributed by atoms with Crippen LogP contribution in [0.2, 0.25) is 10.0 Å². The number of rotatable bonds is 5. The summed E-state index contributed by atoms with van der Waals surface area (Å²) in [5.74, 6) is -0.376. The second-order valence-corrected chi connectivity index (χ2v) is 11.2. The summed E-state index contributed by atoms with van der Waals surface area (Å²) in [5.41, 5.74) is 1.86. The number of aryl methyl sites for hydroxylation is 1. The molecule has 1 heterocycles. The Balaban J connectivity index is 1.87. The number of amides is 3. The number of fused-ring (bicyclic) bond motifs is 1. The first-order valence-corrected chi connectivity index (χ1v) is 14.7. The van der Waals surface area contributed by atoms with Gasteiger partial charge in [-0.3, -0.25) is 14.4 Å². The quantitative estimate of drug-likeness (QED) is 0.420. The normalized spacial score (nSPS) is 21.8. The lowest BCUT2D eigenvalue weighted by Crippen LogP contribution is -2.58. The van der Waals surface area contributed by atoms with Crippen LogP contribution < -0.4 is 26.0 Å². The number of benzene rings is 2. The van der Waals surface area contributed by atoms with Crippen LogP contribution in [-0.4, -0.2) is 55.5 Å². The van der Waals surface area contributed by atoms with Crippen LogP contribution in [0, 0.1) is 5.92 Å². The summed E-state index contributed by atoms with van der Waals surface area (Å²) < 4.78 is 6.06. The molecule has 3 rings (SSSR count). The van der Waals surface area contributed by atoms with Crippen molar-refractivity contribution in [1.29, 1.82) is 0 Å². The van der Waals surface area contributed by atoms with Gasteiger partial charge >= 0.3 is 0 Å². The van der Waals surface area contributed by atoms with E-state index in [9.17, 15) is 14.4 Å². The predicted octanol–water partition coefficient (Wildman–Crippen LogP) is 4.06. The summed E-state index contributed by atoms with van der Waals surface area (Å²) in [6.45, 7) is 6.90. The summed E-state index contributed by atoms with van der Waals surface area (Å²) in [4.78, 5) is 39.9. The summed E-state index contributed by atoms with van der Waals surface area (Å²) in [6, 6.07) is 10.9. The van der Waals surface area contributed by atoms with Gasteiger partial charge in [-0.25, -0.2) is 0 Å². The van der Waals surface area contributed by atoms with Gasteiger partial charge in [-0.15, -0.1) is 0 Å². The SMILES string of the molecule is CCC[C@@H]1NC(=O)[C@@H](C(C)C)NC(=O)[C@@H](Cc2ccc(Cl)c(Cl)c2)NCCOc2ccccc2CCCNC1=O. The largest absolute Gasteiger partial charge is 0.492 e. The zero-order valence-corrected chi connectivity index (χ0v) is 24.9. The fourth-order valence-electron chi connectivity index (χ4n) is 4.63. The van der Waals surface area contributed by atoms with E-state index in [4.69, 9.17) is 27.9 Å². The van der Waals surface area contributed by atoms with Crippen LogP contribution in [-0.2, 0) is 27.2 Å². The van der Waals surface area contributed by atoms with Crippen molar-refractivity contribution < 1.29 is 19.1 Å². The highest BCUT2D eigenvalue weighted by Gasteiger charge is 2.30. The Bertz CT molecular complexity index is 1160. The van der Waals surface area contributed by atoms with Crippen LogP contribution in [0.3, 0.4) is 0 Å². The summed E-state index contributed by atoms with van der Waals surface area (Å²) >= 11 is 12.3. The molecule has 1 aliphatic rings. The monoisotopic (exact) mass is 590 g/mol. The number of hydrogen-bond acceptors (Lipinski definition) is 5. The van der Waals surface area contributed by atoms with Crippen molar-refractivity contribution in [3.63, 3.8) is 0 Å². The highest BCUT2D eigenvalue weighted by molar-refractivity contribution is 6.42. The molecule has 0 spiro atoms. The molecule has 0 radical (unpaired) electrons. The van der Waals surface area contributed by atoms with Gasteiger partial charge in [0.2, 0.25) is 17.7 Å². The summed E-state index contributed by atoms with van der Waals surface area (Å²) in [6.07, 6.45) is 3.00. The average Bonchev–Trinajstić information content (AvgIpc) is 2.92. The molecule has 0 unspecified atom stereocenters. The maximum Gasteiger partial charge on any atom is 0.243 e. The van der Waals surface area contributed by atoms with Gasteiger partial charge in [-0.2, -0.15) is 0 Å². The topological polar surface area (TPSA) is 109 Å². The average molecular weight is 592 g/mol. The third-order valence-electron chi connectivity index (χ3n) is 6.84. The van der Waals surface area contributed by atoms with Gasteiger partial charge in [-0.05, 0) is 60.9 Å². The van der Waals surface area contributed by atoms with E-state index in [2.05, 4.69) is 21.3 Å². The summed E-state index contributed by atoms with van der Waals surface area (Å²) in [7, 11) is 0. The maximum absolute atomic E-state index is 13.6. The molecule has 0 saturated carbocycles. The molecular formula is C30H40Cl2N4O4. The molecule has 4 N–H and O–H groups in total. The number of para-hydroxylation sites is 1. The minimum atomic E-state index is -0.820. The zero-order chi connectivity index (χ0) is 29.1. The first kappa shape index (κ1) is 31.7. The minimum Gasteiger partial charge on any atom is -0.492 e. The minimum absolute atomic E-state index is 0.203. The molecule has 2 aromatic rings.